The van der Waals surface area contributed by atoms with Crippen LogP contribution in [0, 0.1) is 17.8 Å². The van der Waals surface area contributed by atoms with Crippen molar-refractivity contribution in [2.75, 3.05) is 0 Å². The van der Waals surface area contributed by atoms with Crippen molar-refractivity contribution in [3.8, 4) is 0 Å². The Morgan fingerprint density at radius 1 is 1.20 bits per heavy atom. The topological polar surface area (TPSA) is 12.0 Å². The standard InChI is InChI=1S/C18H27NS/c1-14-10-16-8-9-18(2,17(11-14)12-16)19-20-13-15-6-4-3-5-7-15/h3-7,14,16-17,19H,8-13H2,1-2H3. The Hall–Kier alpha value is -0.470. The molecule has 4 atom stereocenters. The van der Waals surface area contributed by atoms with E-state index >= 15 is 0 Å². The van der Waals surface area contributed by atoms with Crippen LogP contribution in [0.2, 0.25) is 0 Å². The highest BCUT2D eigenvalue weighted by molar-refractivity contribution is 7.96. The lowest BCUT2D eigenvalue weighted by molar-refractivity contribution is 0.0683. The van der Waals surface area contributed by atoms with E-state index in [9.17, 15) is 0 Å². The third kappa shape index (κ3) is 3.23. The SMILES string of the molecule is CC1CC2CCC(C)(NSCc3ccccc3)C(C1)C2. The Morgan fingerprint density at radius 2 is 2.00 bits per heavy atom. The number of nitrogens with one attached hydrogen (secondary N) is 1. The normalized spacial score (nSPS) is 36.8. The molecule has 1 aromatic rings. The smallest absolute Gasteiger partial charge is 0.0330 e. The van der Waals surface area contributed by atoms with E-state index in [0.29, 0.717) is 5.54 Å². The van der Waals surface area contributed by atoms with Crippen LogP contribution in [0.15, 0.2) is 30.3 Å². The van der Waals surface area contributed by atoms with Crippen LogP contribution in [0.1, 0.15) is 51.5 Å². The number of benzene rings is 1. The van der Waals surface area contributed by atoms with Crippen LogP contribution in [0.5, 0.6) is 0 Å². The molecule has 4 unspecified atom stereocenters. The van der Waals surface area contributed by atoms with E-state index in [1.54, 1.807) is 0 Å². The van der Waals surface area contributed by atoms with Gasteiger partial charge in [-0.1, -0.05) is 49.2 Å². The Labute approximate surface area is 128 Å². The van der Waals surface area contributed by atoms with Gasteiger partial charge in [-0.25, -0.2) is 0 Å². The second-order valence-electron chi connectivity index (χ2n) is 7.21. The first-order chi connectivity index (χ1) is 9.66. The van der Waals surface area contributed by atoms with Gasteiger partial charge in [0.1, 0.15) is 0 Å². The van der Waals surface area contributed by atoms with Gasteiger partial charge in [-0.3, -0.25) is 4.72 Å². The minimum atomic E-state index is 0.352. The Kier molecular flexibility index (Phi) is 4.42. The van der Waals surface area contributed by atoms with Crippen LogP contribution in [-0.4, -0.2) is 5.54 Å². The van der Waals surface area contributed by atoms with E-state index in [2.05, 4.69) is 48.9 Å². The summed E-state index contributed by atoms with van der Waals surface area (Å²) in [5.41, 5.74) is 1.77. The summed E-state index contributed by atoms with van der Waals surface area (Å²) >= 11 is 1.91. The lowest BCUT2D eigenvalue weighted by Crippen LogP contribution is -2.51. The summed E-state index contributed by atoms with van der Waals surface area (Å²) in [6.07, 6.45) is 7.14. The van der Waals surface area contributed by atoms with E-state index < -0.39 is 0 Å². The molecule has 0 spiro atoms. The molecule has 2 aliphatic carbocycles. The molecule has 0 radical (unpaired) electrons. The molecule has 0 aromatic heterocycles. The molecule has 2 aliphatic rings. The van der Waals surface area contributed by atoms with Gasteiger partial charge in [-0.15, -0.1) is 0 Å². The highest BCUT2D eigenvalue weighted by Crippen LogP contribution is 2.47. The molecule has 0 aliphatic heterocycles. The maximum Gasteiger partial charge on any atom is 0.0330 e. The predicted molar refractivity (Wildman–Crippen MR) is 88.5 cm³/mol. The highest BCUT2D eigenvalue weighted by Gasteiger charge is 2.43. The average molecular weight is 289 g/mol. The van der Waals surface area contributed by atoms with Crippen molar-refractivity contribution in [3.63, 3.8) is 0 Å². The minimum Gasteiger partial charge on any atom is -0.258 e. The summed E-state index contributed by atoms with van der Waals surface area (Å²) in [6, 6.07) is 10.8. The van der Waals surface area contributed by atoms with E-state index in [-0.39, 0.29) is 0 Å². The molecule has 2 bridgehead atoms. The zero-order valence-corrected chi connectivity index (χ0v) is 13.6. The van der Waals surface area contributed by atoms with Gasteiger partial charge in [0.15, 0.2) is 0 Å². The van der Waals surface area contributed by atoms with Crippen molar-refractivity contribution >= 4 is 11.9 Å². The molecule has 0 heterocycles. The molecule has 2 saturated carbocycles. The lowest BCUT2D eigenvalue weighted by Gasteiger charge is -2.49. The maximum absolute atomic E-state index is 3.84. The predicted octanol–water partition coefficient (Wildman–Crippen LogP) is 5.03. The first-order valence-corrected chi connectivity index (χ1v) is 9.07. The van der Waals surface area contributed by atoms with E-state index in [4.69, 9.17) is 0 Å². The molecular formula is C18H27NS. The van der Waals surface area contributed by atoms with E-state index in [0.717, 1.165) is 23.5 Å². The summed E-state index contributed by atoms with van der Waals surface area (Å²) < 4.78 is 3.84. The van der Waals surface area contributed by atoms with Crippen molar-refractivity contribution in [1.29, 1.82) is 0 Å². The molecule has 1 aromatic carbocycles. The quantitative estimate of drug-likeness (QED) is 0.780. The first kappa shape index (κ1) is 14.5. The van der Waals surface area contributed by atoms with Gasteiger partial charge in [-0.05, 0) is 62.3 Å². The fraction of sp³-hybridized carbons (Fsp3) is 0.667. The fourth-order valence-electron chi connectivity index (χ4n) is 4.20. The molecule has 2 heteroatoms. The van der Waals surface area contributed by atoms with Gasteiger partial charge >= 0.3 is 0 Å². The molecule has 0 amide bonds. The van der Waals surface area contributed by atoms with Gasteiger partial charge in [0.05, 0.1) is 0 Å². The average Bonchev–Trinajstić information content (AvgIpc) is 2.45. The Morgan fingerprint density at radius 3 is 2.80 bits per heavy atom. The largest absolute Gasteiger partial charge is 0.258 e. The van der Waals surface area contributed by atoms with Gasteiger partial charge in [0, 0.05) is 11.3 Å². The third-order valence-electron chi connectivity index (χ3n) is 5.40. The maximum atomic E-state index is 3.84. The number of hydrogen-bond donors (Lipinski definition) is 1. The fourth-order valence-corrected chi connectivity index (χ4v) is 5.23. The minimum absolute atomic E-state index is 0.352. The monoisotopic (exact) mass is 289 g/mol. The summed E-state index contributed by atoms with van der Waals surface area (Å²) in [6.45, 7) is 4.91. The molecule has 110 valence electrons. The van der Waals surface area contributed by atoms with Crippen LogP contribution in [0.3, 0.4) is 0 Å². The van der Waals surface area contributed by atoms with Crippen LogP contribution in [-0.2, 0) is 5.75 Å². The Balaban J connectivity index is 1.56. The van der Waals surface area contributed by atoms with Crippen molar-refractivity contribution in [3.05, 3.63) is 35.9 Å². The van der Waals surface area contributed by atoms with Gasteiger partial charge in [0.2, 0.25) is 0 Å². The second-order valence-corrected chi connectivity index (χ2v) is 7.99. The number of hydrogen-bond acceptors (Lipinski definition) is 2. The van der Waals surface area contributed by atoms with Crippen LogP contribution in [0.25, 0.3) is 0 Å². The highest BCUT2D eigenvalue weighted by atomic mass is 32.2. The van der Waals surface area contributed by atoms with Crippen molar-refractivity contribution in [2.45, 2.75) is 57.2 Å². The van der Waals surface area contributed by atoms with Crippen LogP contribution >= 0.6 is 11.9 Å². The third-order valence-corrected chi connectivity index (χ3v) is 6.49. The molecule has 1 N–H and O–H groups in total. The summed E-state index contributed by atoms with van der Waals surface area (Å²) in [5.74, 6) is 3.90. The van der Waals surface area contributed by atoms with Gasteiger partial charge in [-0.2, -0.15) is 0 Å². The Bertz CT molecular complexity index is 430. The number of rotatable bonds is 4. The molecular weight excluding hydrogens is 262 g/mol. The molecule has 20 heavy (non-hydrogen) atoms. The van der Waals surface area contributed by atoms with Gasteiger partial charge < -0.3 is 0 Å². The first-order valence-electron chi connectivity index (χ1n) is 8.08. The summed E-state index contributed by atoms with van der Waals surface area (Å²) in [5, 5.41) is 0. The summed E-state index contributed by atoms with van der Waals surface area (Å²) in [4.78, 5) is 0. The van der Waals surface area contributed by atoms with E-state index in [1.807, 2.05) is 11.9 Å². The van der Waals surface area contributed by atoms with Crippen molar-refractivity contribution in [1.82, 2.24) is 4.72 Å². The molecule has 2 fully saturated rings. The van der Waals surface area contributed by atoms with Gasteiger partial charge in [0.25, 0.3) is 0 Å². The second kappa shape index (κ2) is 6.11. The van der Waals surface area contributed by atoms with Crippen molar-refractivity contribution in [2.24, 2.45) is 17.8 Å². The zero-order valence-electron chi connectivity index (χ0n) is 12.8. The molecule has 0 saturated heterocycles. The van der Waals surface area contributed by atoms with E-state index in [1.165, 1.54) is 37.7 Å². The number of fused-ring (bicyclic) bond motifs is 2. The zero-order chi connectivity index (χ0) is 14.0. The molecule has 3 rings (SSSR count). The van der Waals surface area contributed by atoms with Crippen LogP contribution < -0.4 is 4.72 Å². The lowest BCUT2D eigenvalue weighted by atomic mass is 9.61. The van der Waals surface area contributed by atoms with Crippen LogP contribution in [0.4, 0.5) is 0 Å². The molecule has 1 nitrogen and oxygen atoms in total. The van der Waals surface area contributed by atoms with Crippen molar-refractivity contribution < 1.29 is 0 Å². The summed E-state index contributed by atoms with van der Waals surface area (Å²) in [7, 11) is 0.